The maximum absolute atomic E-state index is 12.5. The zero-order valence-corrected chi connectivity index (χ0v) is 13.2. The van der Waals surface area contributed by atoms with Crippen LogP contribution in [0, 0.1) is 0 Å². The highest BCUT2D eigenvalue weighted by Crippen LogP contribution is 2.28. The first-order valence-electron chi connectivity index (χ1n) is 7.41. The second kappa shape index (κ2) is 6.43. The number of aromatic nitrogens is 1. The van der Waals surface area contributed by atoms with E-state index in [1.54, 1.807) is 17.7 Å². The molecule has 3 aromatic rings. The van der Waals surface area contributed by atoms with Crippen LogP contribution in [0.15, 0.2) is 59.7 Å². The molecule has 1 aromatic heterocycles. The number of hydrogen-bond acceptors (Lipinski definition) is 2. The number of carbonyl (C=O) groups is 1. The van der Waals surface area contributed by atoms with Gasteiger partial charge in [0.1, 0.15) is 5.69 Å². The number of carbonyl (C=O) groups excluding carboxylic acids is 1. The van der Waals surface area contributed by atoms with Crippen molar-refractivity contribution in [3.8, 4) is 0 Å². The zero-order chi connectivity index (χ0) is 18.0. The minimum atomic E-state index is -4.38. The van der Waals surface area contributed by atoms with E-state index in [2.05, 4.69) is 10.5 Å². The lowest BCUT2D eigenvalue weighted by atomic mass is 10.1. The Balaban J connectivity index is 1.71. The minimum Gasteiger partial charge on any atom is -0.340 e. The normalized spacial score (nSPS) is 12.0. The van der Waals surface area contributed by atoms with Crippen molar-refractivity contribution in [1.29, 1.82) is 0 Å². The molecule has 0 fully saturated rings. The summed E-state index contributed by atoms with van der Waals surface area (Å²) in [5.74, 6) is -0.401. The van der Waals surface area contributed by atoms with Gasteiger partial charge in [0.25, 0.3) is 5.91 Å². The lowest BCUT2D eigenvalue weighted by Gasteiger charge is -2.05. The fraction of sp³-hybridized carbons (Fsp3) is 0.111. The van der Waals surface area contributed by atoms with Crippen LogP contribution in [0.1, 0.15) is 21.6 Å². The maximum Gasteiger partial charge on any atom is 0.416 e. The van der Waals surface area contributed by atoms with Crippen LogP contribution in [0.25, 0.3) is 10.9 Å². The predicted octanol–water partition coefficient (Wildman–Crippen LogP) is 3.96. The second-order valence-corrected chi connectivity index (χ2v) is 5.47. The lowest BCUT2D eigenvalue weighted by molar-refractivity contribution is -0.137. The summed E-state index contributed by atoms with van der Waals surface area (Å²) in [6.07, 6.45) is -3.08. The van der Waals surface area contributed by atoms with E-state index in [1.165, 1.54) is 18.3 Å². The smallest absolute Gasteiger partial charge is 0.340 e. The number of aryl methyl sites for hydroxylation is 1. The molecular weight excluding hydrogens is 331 g/mol. The van der Waals surface area contributed by atoms with E-state index in [1.807, 2.05) is 24.3 Å². The molecule has 0 aliphatic carbocycles. The van der Waals surface area contributed by atoms with Crippen LogP contribution in [-0.2, 0) is 13.2 Å². The molecule has 1 amide bonds. The van der Waals surface area contributed by atoms with Crippen LogP contribution < -0.4 is 5.43 Å². The molecule has 7 heteroatoms. The predicted molar refractivity (Wildman–Crippen MR) is 89.4 cm³/mol. The van der Waals surface area contributed by atoms with Crippen molar-refractivity contribution >= 4 is 23.0 Å². The van der Waals surface area contributed by atoms with E-state index < -0.39 is 17.6 Å². The summed E-state index contributed by atoms with van der Waals surface area (Å²) < 4.78 is 39.2. The maximum atomic E-state index is 12.5. The van der Waals surface area contributed by atoms with Crippen molar-refractivity contribution in [3.63, 3.8) is 0 Å². The summed E-state index contributed by atoms with van der Waals surface area (Å²) in [5, 5.41) is 4.73. The van der Waals surface area contributed by atoms with Gasteiger partial charge in [-0.05, 0) is 29.8 Å². The number of amides is 1. The highest BCUT2D eigenvalue weighted by atomic mass is 19.4. The van der Waals surface area contributed by atoms with Gasteiger partial charge in [0.2, 0.25) is 0 Å². The van der Waals surface area contributed by atoms with Crippen LogP contribution in [0.2, 0.25) is 0 Å². The van der Waals surface area contributed by atoms with Gasteiger partial charge in [-0.1, -0.05) is 30.3 Å². The molecule has 0 aliphatic rings. The van der Waals surface area contributed by atoms with Crippen LogP contribution >= 0.6 is 0 Å². The molecule has 3 rings (SSSR count). The Morgan fingerprint density at radius 2 is 1.80 bits per heavy atom. The molecule has 1 heterocycles. The summed E-state index contributed by atoms with van der Waals surface area (Å²) in [6.45, 7) is 0. The number of para-hydroxylation sites is 1. The Kier molecular flexibility index (Phi) is 4.31. The monoisotopic (exact) mass is 345 g/mol. The molecule has 0 radical (unpaired) electrons. The van der Waals surface area contributed by atoms with Crippen LogP contribution in [0.3, 0.4) is 0 Å². The van der Waals surface area contributed by atoms with Gasteiger partial charge < -0.3 is 4.57 Å². The average molecular weight is 345 g/mol. The largest absolute Gasteiger partial charge is 0.416 e. The molecule has 0 saturated heterocycles. The fourth-order valence-electron chi connectivity index (χ4n) is 2.49. The summed E-state index contributed by atoms with van der Waals surface area (Å²) in [5.41, 5.74) is 3.45. The van der Waals surface area contributed by atoms with E-state index >= 15 is 0 Å². The Morgan fingerprint density at radius 3 is 2.44 bits per heavy atom. The molecule has 0 atom stereocenters. The van der Waals surface area contributed by atoms with Crippen molar-refractivity contribution in [1.82, 2.24) is 9.99 Å². The fourth-order valence-corrected chi connectivity index (χ4v) is 2.49. The van der Waals surface area contributed by atoms with Crippen molar-refractivity contribution in [2.45, 2.75) is 6.18 Å². The Bertz CT molecular complexity index is 940. The van der Waals surface area contributed by atoms with Crippen LogP contribution in [0.4, 0.5) is 13.2 Å². The number of hydrazone groups is 1. The number of rotatable bonds is 3. The molecule has 128 valence electrons. The van der Waals surface area contributed by atoms with Crippen molar-refractivity contribution in [2.75, 3.05) is 0 Å². The first kappa shape index (κ1) is 16.8. The number of alkyl halides is 3. The van der Waals surface area contributed by atoms with Gasteiger partial charge in [-0.15, -0.1) is 0 Å². The third kappa shape index (κ3) is 3.55. The summed E-state index contributed by atoms with van der Waals surface area (Å²) in [6, 6.07) is 13.8. The Labute approximate surface area is 141 Å². The molecule has 0 saturated carbocycles. The summed E-state index contributed by atoms with van der Waals surface area (Å²) in [7, 11) is 1.77. The number of nitrogens with one attached hydrogen (secondary N) is 1. The molecule has 2 aromatic carbocycles. The van der Waals surface area contributed by atoms with Gasteiger partial charge >= 0.3 is 6.18 Å². The van der Waals surface area contributed by atoms with E-state index in [4.69, 9.17) is 0 Å². The van der Waals surface area contributed by atoms with Crippen molar-refractivity contribution in [3.05, 3.63) is 71.4 Å². The Morgan fingerprint density at radius 1 is 1.12 bits per heavy atom. The van der Waals surface area contributed by atoms with Gasteiger partial charge in [0, 0.05) is 18.0 Å². The lowest BCUT2D eigenvalue weighted by Crippen LogP contribution is -2.20. The molecule has 1 N–H and O–H groups in total. The van der Waals surface area contributed by atoms with Crippen molar-refractivity contribution in [2.24, 2.45) is 12.1 Å². The summed E-state index contributed by atoms with van der Waals surface area (Å²) >= 11 is 0. The van der Waals surface area contributed by atoms with Crippen LogP contribution in [0.5, 0.6) is 0 Å². The number of benzene rings is 2. The molecule has 0 bridgehead atoms. The second-order valence-electron chi connectivity index (χ2n) is 5.47. The average Bonchev–Trinajstić information content (AvgIpc) is 2.92. The third-order valence-electron chi connectivity index (χ3n) is 3.80. The standard InChI is InChI=1S/C18H14F3N3O/c1-24-15-5-3-2-4-13(15)10-16(24)17(25)23-22-11-12-6-8-14(9-7-12)18(19,20)21/h2-11H,1H3,(H,23,25)/b22-11+. The van der Waals surface area contributed by atoms with E-state index in [9.17, 15) is 18.0 Å². The van der Waals surface area contributed by atoms with Gasteiger partial charge in [0.15, 0.2) is 0 Å². The first-order chi connectivity index (χ1) is 11.9. The molecule has 0 unspecified atom stereocenters. The van der Waals surface area contributed by atoms with Gasteiger partial charge in [-0.25, -0.2) is 5.43 Å². The van der Waals surface area contributed by atoms with E-state index in [0.717, 1.165) is 23.0 Å². The zero-order valence-electron chi connectivity index (χ0n) is 13.2. The molecular formula is C18H14F3N3O. The molecule has 0 aliphatic heterocycles. The number of halogens is 3. The van der Waals surface area contributed by atoms with Crippen molar-refractivity contribution < 1.29 is 18.0 Å². The highest BCUT2D eigenvalue weighted by Gasteiger charge is 2.29. The Hall–Kier alpha value is -3.09. The third-order valence-corrected chi connectivity index (χ3v) is 3.80. The highest BCUT2D eigenvalue weighted by molar-refractivity contribution is 5.99. The first-order valence-corrected chi connectivity index (χ1v) is 7.41. The van der Waals surface area contributed by atoms with Gasteiger partial charge in [-0.3, -0.25) is 4.79 Å². The van der Waals surface area contributed by atoms with E-state index in [-0.39, 0.29) is 0 Å². The minimum absolute atomic E-state index is 0.401. The van der Waals surface area contributed by atoms with Gasteiger partial charge in [-0.2, -0.15) is 18.3 Å². The molecule has 4 nitrogen and oxygen atoms in total. The number of fused-ring (bicyclic) bond motifs is 1. The number of nitrogens with zero attached hydrogens (tertiary/aromatic N) is 2. The van der Waals surface area contributed by atoms with E-state index in [0.29, 0.717) is 11.3 Å². The number of hydrogen-bond donors (Lipinski definition) is 1. The SMILES string of the molecule is Cn1c(C(=O)N/N=C/c2ccc(C(F)(F)F)cc2)cc2ccccc21. The van der Waals surface area contributed by atoms with Crippen LogP contribution in [-0.4, -0.2) is 16.7 Å². The van der Waals surface area contributed by atoms with Gasteiger partial charge in [0.05, 0.1) is 11.8 Å². The topological polar surface area (TPSA) is 46.4 Å². The molecule has 25 heavy (non-hydrogen) atoms. The quantitative estimate of drug-likeness (QED) is 0.567. The summed E-state index contributed by atoms with van der Waals surface area (Å²) in [4.78, 5) is 12.2. The molecule has 0 spiro atoms.